The molecule has 9 nitrogen and oxygen atoms in total. The Morgan fingerprint density at radius 3 is 2.67 bits per heavy atom. The number of methoxy groups -OCH3 is 1. The number of hydrogen-bond acceptors (Lipinski definition) is 8. The third kappa shape index (κ3) is 4.73. The number of furan rings is 1. The zero-order valence-electron chi connectivity index (χ0n) is 23.3. The van der Waals surface area contributed by atoms with Crippen LogP contribution in [-0.2, 0) is 0 Å². The Morgan fingerprint density at radius 2 is 1.95 bits per heavy atom. The molecular formula is C32H31FN6O3. The number of alkyl halides is 1. The van der Waals surface area contributed by atoms with Crippen molar-refractivity contribution in [1.82, 2.24) is 20.2 Å². The Kier molecular flexibility index (Phi) is 6.75. The molecule has 1 aromatic carbocycles. The fraction of sp³-hybridized carbons (Fsp3) is 0.375. The summed E-state index contributed by atoms with van der Waals surface area (Å²) in [6.07, 6.45) is 5.11. The molecule has 2 atom stereocenters. The molecule has 10 heteroatoms. The van der Waals surface area contributed by atoms with Crippen molar-refractivity contribution in [3.05, 3.63) is 60.0 Å². The standard InChI is InChI=1S/C32H31FN6O3/c1-41-29-14-26(32(40)37-27-18-38-9-5-19(27)6-10-38)36-16-24(29)30-13-25-31(42-30)23(4-8-35-25)20-2-3-28(21(12-20)15-34)39-11-7-22(33)17-39/h2-4,8,12-14,16,19,22,27H,5-7,9-11,17-18H2,1H3,(H,37,40). The molecule has 2 unspecified atom stereocenters. The third-order valence-electron chi connectivity index (χ3n) is 8.87. The van der Waals surface area contributed by atoms with E-state index in [1.54, 1.807) is 25.6 Å². The van der Waals surface area contributed by atoms with Crippen molar-refractivity contribution in [3.8, 4) is 34.3 Å². The number of benzene rings is 1. The summed E-state index contributed by atoms with van der Waals surface area (Å²) >= 11 is 0. The van der Waals surface area contributed by atoms with Crippen LogP contribution in [0.3, 0.4) is 0 Å². The molecule has 0 radical (unpaired) electrons. The number of piperidine rings is 3. The fourth-order valence-corrected chi connectivity index (χ4v) is 6.59. The average Bonchev–Trinajstić information content (AvgIpc) is 3.67. The minimum atomic E-state index is -0.877. The van der Waals surface area contributed by atoms with E-state index in [2.05, 4.69) is 26.3 Å². The molecule has 1 N–H and O–H groups in total. The Hall–Kier alpha value is -4.49. The van der Waals surface area contributed by atoms with Gasteiger partial charge in [0.2, 0.25) is 0 Å². The topological polar surface area (TPSA) is 108 Å². The third-order valence-corrected chi connectivity index (χ3v) is 8.87. The van der Waals surface area contributed by atoms with Gasteiger partial charge in [-0.15, -0.1) is 0 Å². The molecule has 8 rings (SSSR count). The molecule has 4 aliphatic rings. The summed E-state index contributed by atoms with van der Waals surface area (Å²) < 4.78 is 25.8. The number of fused-ring (bicyclic) bond motifs is 4. The Labute approximate surface area is 242 Å². The SMILES string of the molecule is COc1cc(C(=O)NC2CN3CCC2CC3)ncc1-c1cc2nccc(-c3ccc(N4CCC(F)C4)c(C#N)c3)c2o1. The van der Waals surface area contributed by atoms with Gasteiger partial charge in [0.1, 0.15) is 35.0 Å². The molecule has 4 aromatic rings. The number of halogens is 1. The van der Waals surface area contributed by atoms with E-state index >= 15 is 0 Å². The number of pyridine rings is 2. The molecular weight excluding hydrogens is 535 g/mol. The second kappa shape index (κ2) is 10.7. The van der Waals surface area contributed by atoms with E-state index in [4.69, 9.17) is 9.15 Å². The molecule has 7 heterocycles. The molecule has 1 amide bonds. The van der Waals surface area contributed by atoms with Crippen LogP contribution in [0.25, 0.3) is 33.6 Å². The summed E-state index contributed by atoms with van der Waals surface area (Å²) in [6, 6.07) is 13.3. The summed E-state index contributed by atoms with van der Waals surface area (Å²) in [4.78, 5) is 26.4. The van der Waals surface area contributed by atoms with Crippen molar-refractivity contribution >= 4 is 22.7 Å². The number of carbonyl (C=O) groups excluding carboxylic acids is 1. The van der Waals surface area contributed by atoms with Crippen LogP contribution in [0, 0.1) is 17.2 Å². The largest absolute Gasteiger partial charge is 0.496 e. The summed E-state index contributed by atoms with van der Waals surface area (Å²) in [6.45, 7) is 3.98. The van der Waals surface area contributed by atoms with Crippen LogP contribution in [0.1, 0.15) is 35.3 Å². The minimum absolute atomic E-state index is 0.138. The number of amides is 1. The molecule has 0 aliphatic carbocycles. The lowest BCUT2D eigenvalue weighted by atomic mass is 9.84. The highest BCUT2D eigenvalue weighted by atomic mass is 19.1. The van der Waals surface area contributed by atoms with Gasteiger partial charge in [0.15, 0.2) is 5.58 Å². The van der Waals surface area contributed by atoms with Gasteiger partial charge >= 0.3 is 0 Å². The average molecular weight is 567 g/mol. The molecule has 0 saturated carbocycles. The van der Waals surface area contributed by atoms with Crippen molar-refractivity contribution in [3.63, 3.8) is 0 Å². The predicted octanol–water partition coefficient (Wildman–Crippen LogP) is 4.81. The summed E-state index contributed by atoms with van der Waals surface area (Å²) in [5, 5.41) is 13.0. The lowest BCUT2D eigenvalue weighted by Crippen LogP contribution is -2.57. The monoisotopic (exact) mass is 566 g/mol. The van der Waals surface area contributed by atoms with Crippen molar-refractivity contribution in [2.75, 3.05) is 44.7 Å². The maximum Gasteiger partial charge on any atom is 0.270 e. The summed E-state index contributed by atoms with van der Waals surface area (Å²) in [7, 11) is 1.55. The number of nitrogens with one attached hydrogen (secondary N) is 1. The molecule has 4 fully saturated rings. The van der Waals surface area contributed by atoms with Crippen LogP contribution in [0.15, 0.2) is 53.2 Å². The second-order valence-corrected chi connectivity index (χ2v) is 11.3. The smallest absolute Gasteiger partial charge is 0.270 e. The number of rotatable bonds is 6. The lowest BCUT2D eigenvalue weighted by Gasteiger charge is -2.44. The van der Waals surface area contributed by atoms with E-state index in [1.165, 1.54) is 0 Å². The van der Waals surface area contributed by atoms with Crippen LogP contribution >= 0.6 is 0 Å². The quantitative estimate of drug-likeness (QED) is 0.354. The molecule has 2 bridgehead atoms. The van der Waals surface area contributed by atoms with Gasteiger partial charge in [-0.3, -0.25) is 14.8 Å². The number of nitriles is 1. The highest BCUT2D eigenvalue weighted by Gasteiger charge is 2.35. The van der Waals surface area contributed by atoms with Crippen LogP contribution < -0.4 is 15.0 Å². The van der Waals surface area contributed by atoms with Crippen molar-refractivity contribution < 1.29 is 18.3 Å². The first-order chi connectivity index (χ1) is 20.5. The summed E-state index contributed by atoms with van der Waals surface area (Å²) in [5.74, 6) is 1.28. The number of hydrogen-bond donors (Lipinski definition) is 1. The van der Waals surface area contributed by atoms with E-state index < -0.39 is 6.17 Å². The Balaban J connectivity index is 1.18. The van der Waals surface area contributed by atoms with Gasteiger partial charge in [0.25, 0.3) is 5.91 Å². The number of aromatic nitrogens is 2. The van der Waals surface area contributed by atoms with Gasteiger partial charge in [0, 0.05) is 55.8 Å². The van der Waals surface area contributed by atoms with Crippen molar-refractivity contribution in [2.45, 2.75) is 31.5 Å². The van der Waals surface area contributed by atoms with Crippen LogP contribution in [0.5, 0.6) is 5.75 Å². The molecule has 42 heavy (non-hydrogen) atoms. The van der Waals surface area contributed by atoms with E-state index in [0.29, 0.717) is 64.9 Å². The van der Waals surface area contributed by atoms with E-state index in [0.717, 1.165) is 49.3 Å². The van der Waals surface area contributed by atoms with Crippen molar-refractivity contribution in [2.24, 2.45) is 5.92 Å². The molecule has 0 spiro atoms. The lowest BCUT2D eigenvalue weighted by molar-refractivity contribution is 0.0617. The van der Waals surface area contributed by atoms with Crippen LogP contribution in [0.4, 0.5) is 10.1 Å². The van der Waals surface area contributed by atoms with E-state index in [9.17, 15) is 14.4 Å². The Bertz CT molecular complexity index is 1710. The Morgan fingerprint density at radius 1 is 1.10 bits per heavy atom. The highest BCUT2D eigenvalue weighted by molar-refractivity contribution is 5.95. The maximum absolute atomic E-state index is 13.8. The molecule has 4 aliphatic heterocycles. The van der Waals surface area contributed by atoms with Gasteiger partial charge in [0.05, 0.1) is 23.9 Å². The zero-order chi connectivity index (χ0) is 28.8. The zero-order valence-corrected chi connectivity index (χ0v) is 23.3. The number of anilines is 1. The predicted molar refractivity (Wildman–Crippen MR) is 156 cm³/mol. The highest BCUT2D eigenvalue weighted by Crippen LogP contribution is 2.38. The molecule has 3 aromatic heterocycles. The van der Waals surface area contributed by atoms with Gasteiger partial charge in [-0.2, -0.15) is 5.26 Å². The van der Waals surface area contributed by atoms with Crippen LogP contribution in [-0.4, -0.2) is 72.8 Å². The normalized spacial score (nSPS) is 23.2. The van der Waals surface area contributed by atoms with Crippen molar-refractivity contribution in [1.29, 1.82) is 5.26 Å². The number of nitrogens with zero attached hydrogens (tertiary/aromatic N) is 5. The minimum Gasteiger partial charge on any atom is -0.496 e. The first kappa shape index (κ1) is 26.4. The summed E-state index contributed by atoms with van der Waals surface area (Å²) in [5.41, 5.74) is 4.88. The first-order valence-corrected chi connectivity index (χ1v) is 14.4. The second-order valence-electron chi connectivity index (χ2n) is 11.3. The van der Waals surface area contributed by atoms with Gasteiger partial charge < -0.3 is 24.3 Å². The molecule has 214 valence electrons. The van der Waals surface area contributed by atoms with E-state index in [1.807, 2.05) is 35.2 Å². The van der Waals surface area contributed by atoms with Gasteiger partial charge in [-0.25, -0.2) is 4.39 Å². The van der Waals surface area contributed by atoms with Gasteiger partial charge in [-0.05, 0) is 62.0 Å². The number of ether oxygens (including phenoxy) is 1. The first-order valence-electron chi connectivity index (χ1n) is 14.4. The van der Waals surface area contributed by atoms with E-state index in [-0.39, 0.29) is 11.9 Å². The van der Waals surface area contributed by atoms with Gasteiger partial charge in [-0.1, -0.05) is 6.07 Å². The number of carbonyl (C=O) groups is 1. The maximum atomic E-state index is 13.8. The fourth-order valence-electron chi connectivity index (χ4n) is 6.59. The molecule has 4 saturated heterocycles. The van der Waals surface area contributed by atoms with Crippen LogP contribution in [0.2, 0.25) is 0 Å².